The third-order valence-electron chi connectivity index (χ3n) is 4.97. The van der Waals surface area contributed by atoms with Gasteiger partial charge in [0.25, 0.3) is 11.8 Å². The van der Waals surface area contributed by atoms with Crippen molar-refractivity contribution in [3.05, 3.63) is 35.9 Å². The summed E-state index contributed by atoms with van der Waals surface area (Å²) in [6.07, 6.45) is 4.82. The molecule has 7 heteroatoms. The van der Waals surface area contributed by atoms with Crippen LogP contribution in [0.25, 0.3) is 5.52 Å². The number of hydrogen-bond donors (Lipinski definition) is 1. The van der Waals surface area contributed by atoms with Crippen LogP contribution in [0.1, 0.15) is 47.3 Å². The molecule has 2 amide bonds. The van der Waals surface area contributed by atoms with Gasteiger partial charge in [0.05, 0.1) is 5.52 Å². The minimum Gasteiger partial charge on any atom is -0.351 e. The first-order valence-electron chi connectivity index (χ1n) is 9.66. The van der Waals surface area contributed by atoms with Gasteiger partial charge in [-0.2, -0.15) is 0 Å². The molecule has 0 spiro atoms. The molecule has 2 aromatic heterocycles. The lowest BCUT2D eigenvalue weighted by molar-refractivity contribution is 0.0670. The normalized spacial score (nSPS) is 17.5. The number of likely N-dealkylation sites (tertiary alicyclic amines) is 1. The summed E-state index contributed by atoms with van der Waals surface area (Å²) in [5.74, 6) is 0.476. The summed E-state index contributed by atoms with van der Waals surface area (Å²) in [6.45, 7) is 5.14. The lowest BCUT2D eigenvalue weighted by Gasteiger charge is -2.30. The fraction of sp³-hybridized carbons (Fsp3) is 0.550. The Hall–Kier alpha value is -2.41. The molecule has 3 heterocycles. The first-order valence-corrected chi connectivity index (χ1v) is 9.66. The average molecular weight is 371 g/mol. The van der Waals surface area contributed by atoms with Gasteiger partial charge in [-0.15, -0.1) is 0 Å². The van der Waals surface area contributed by atoms with Gasteiger partial charge < -0.3 is 15.1 Å². The third-order valence-corrected chi connectivity index (χ3v) is 4.97. The van der Waals surface area contributed by atoms with Gasteiger partial charge in [0.15, 0.2) is 5.69 Å². The van der Waals surface area contributed by atoms with E-state index in [2.05, 4.69) is 22.1 Å². The van der Waals surface area contributed by atoms with Crippen LogP contribution in [0.4, 0.5) is 0 Å². The van der Waals surface area contributed by atoms with Crippen molar-refractivity contribution in [3.8, 4) is 0 Å². The second kappa shape index (κ2) is 8.52. The van der Waals surface area contributed by atoms with Crippen molar-refractivity contribution in [1.29, 1.82) is 0 Å². The lowest BCUT2D eigenvalue weighted by atomic mass is 10.0. The van der Waals surface area contributed by atoms with E-state index in [0.29, 0.717) is 29.5 Å². The number of aromatic nitrogens is 2. The summed E-state index contributed by atoms with van der Waals surface area (Å²) in [7, 11) is 4.01. The van der Waals surface area contributed by atoms with E-state index in [0.717, 1.165) is 38.9 Å². The van der Waals surface area contributed by atoms with Gasteiger partial charge in [0.2, 0.25) is 5.82 Å². The number of carbonyl (C=O) groups is 2. The van der Waals surface area contributed by atoms with Gasteiger partial charge in [0, 0.05) is 25.8 Å². The highest BCUT2D eigenvalue weighted by atomic mass is 16.2. The van der Waals surface area contributed by atoms with Crippen LogP contribution in [0.5, 0.6) is 0 Å². The Morgan fingerprint density at radius 3 is 2.89 bits per heavy atom. The minimum absolute atomic E-state index is 0.102. The molecule has 1 fully saturated rings. The predicted octanol–water partition coefficient (Wildman–Crippen LogP) is 1.89. The third kappa shape index (κ3) is 4.47. The molecule has 1 aliphatic rings. The number of carbonyl (C=O) groups excluding carboxylic acids is 2. The zero-order valence-electron chi connectivity index (χ0n) is 16.4. The average Bonchev–Trinajstić information content (AvgIpc) is 3.04. The van der Waals surface area contributed by atoms with E-state index in [1.165, 1.54) is 0 Å². The van der Waals surface area contributed by atoms with Gasteiger partial charge in [-0.1, -0.05) is 13.0 Å². The van der Waals surface area contributed by atoms with E-state index in [4.69, 9.17) is 0 Å². The zero-order chi connectivity index (χ0) is 19.4. The maximum atomic E-state index is 13.0. The Balaban J connectivity index is 1.81. The quantitative estimate of drug-likeness (QED) is 0.788. The molecule has 27 heavy (non-hydrogen) atoms. The van der Waals surface area contributed by atoms with E-state index in [-0.39, 0.29) is 11.8 Å². The summed E-state index contributed by atoms with van der Waals surface area (Å²) in [5, 5.41) is 2.92. The first kappa shape index (κ1) is 19.4. The maximum absolute atomic E-state index is 13.0. The fourth-order valence-electron chi connectivity index (χ4n) is 3.55. The van der Waals surface area contributed by atoms with Crippen LogP contribution >= 0.6 is 0 Å². The molecule has 0 aliphatic carbocycles. The van der Waals surface area contributed by atoms with Crippen LogP contribution < -0.4 is 5.32 Å². The van der Waals surface area contributed by atoms with E-state index in [9.17, 15) is 9.59 Å². The highest BCUT2D eigenvalue weighted by molar-refractivity contribution is 6.02. The highest BCUT2D eigenvalue weighted by Crippen LogP contribution is 2.20. The van der Waals surface area contributed by atoms with Crippen molar-refractivity contribution < 1.29 is 9.59 Å². The minimum atomic E-state index is -0.233. The van der Waals surface area contributed by atoms with Gasteiger partial charge >= 0.3 is 0 Å². The number of rotatable bonds is 6. The van der Waals surface area contributed by atoms with Crippen LogP contribution in [0.2, 0.25) is 0 Å². The molecule has 0 saturated carbocycles. The van der Waals surface area contributed by atoms with E-state index in [1.807, 2.05) is 37.2 Å². The molecule has 0 radical (unpaired) electrons. The summed E-state index contributed by atoms with van der Waals surface area (Å²) in [5.41, 5.74) is 0.977. The van der Waals surface area contributed by atoms with E-state index < -0.39 is 0 Å². The number of nitrogens with one attached hydrogen (secondary N) is 1. The van der Waals surface area contributed by atoms with Crippen molar-refractivity contribution in [1.82, 2.24) is 24.5 Å². The Kier molecular flexibility index (Phi) is 6.11. The monoisotopic (exact) mass is 371 g/mol. The van der Waals surface area contributed by atoms with Crippen LogP contribution in [0.15, 0.2) is 24.4 Å². The van der Waals surface area contributed by atoms with Crippen molar-refractivity contribution in [2.45, 2.75) is 26.2 Å². The van der Waals surface area contributed by atoms with Gasteiger partial charge in [-0.25, -0.2) is 4.98 Å². The number of piperidine rings is 1. The Bertz CT molecular complexity index is 814. The summed E-state index contributed by atoms with van der Waals surface area (Å²) < 4.78 is 1.73. The van der Waals surface area contributed by atoms with Crippen molar-refractivity contribution >= 4 is 17.3 Å². The van der Waals surface area contributed by atoms with Crippen LogP contribution in [0.3, 0.4) is 0 Å². The number of pyridine rings is 1. The molecule has 1 saturated heterocycles. The predicted molar refractivity (Wildman–Crippen MR) is 105 cm³/mol. The van der Waals surface area contributed by atoms with E-state index >= 15 is 0 Å². The van der Waals surface area contributed by atoms with Crippen molar-refractivity contribution in [2.75, 3.05) is 40.3 Å². The van der Waals surface area contributed by atoms with Crippen molar-refractivity contribution in [2.24, 2.45) is 5.92 Å². The molecule has 3 rings (SSSR count). The molecule has 1 N–H and O–H groups in total. The topological polar surface area (TPSA) is 70.0 Å². The summed E-state index contributed by atoms with van der Waals surface area (Å²) in [4.78, 5) is 34.1. The fourth-order valence-corrected chi connectivity index (χ4v) is 3.55. The van der Waals surface area contributed by atoms with Crippen LogP contribution in [0, 0.1) is 5.92 Å². The first-order chi connectivity index (χ1) is 13.0. The largest absolute Gasteiger partial charge is 0.351 e. The smallest absolute Gasteiger partial charge is 0.290 e. The molecular formula is C20H29N5O2. The van der Waals surface area contributed by atoms with Gasteiger partial charge in [-0.05, 0) is 58.0 Å². The highest BCUT2D eigenvalue weighted by Gasteiger charge is 2.27. The van der Waals surface area contributed by atoms with Crippen LogP contribution in [-0.2, 0) is 0 Å². The van der Waals surface area contributed by atoms with Gasteiger partial charge in [-0.3, -0.25) is 14.0 Å². The summed E-state index contributed by atoms with van der Waals surface area (Å²) >= 11 is 0. The van der Waals surface area contributed by atoms with Crippen molar-refractivity contribution in [3.63, 3.8) is 0 Å². The molecule has 1 aliphatic heterocycles. The lowest BCUT2D eigenvalue weighted by Crippen LogP contribution is -2.40. The molecular weight excluding hydrogens is 342 g/mol. The Morgan fingerprint density at radius 2 is 2.15 bits per heavy atom. The van der Waals surface area contributed by atoms with Crippen LogP contribution in [-0.4, -0.2) is 71.3 Å². The SMILES string of the molecule is CC1CCCN(C(=O)c2nc(C(=O)NCCCN(C)C)c3ccccn23)C1. The number of amides is 2. The molecule has 1 unspecified atom stereocenters. The molecule has 146 valence electrons. The Labute approximate surface area is 160 Å². The second-order valence-electron chi connectivity index (χ2n) is 7.65. The summed E-state index contributed by atoms with van der Waals surface area (Å²) in [6, 6.07) is 5.54. The maximum Gasteiger partial charge on any atom is 0.290 e. The second-order valence-corrected chi connectivity index (χ2v) is 7.65. The number of nitrogens with zero attached hydrogens (tertiary/aromatic N) is 4. The molecule has 0 aromatic carbocycles. The number of hydrogen-bond acceptors (Lipinski definition) is 4. The molecule has 1 atom stereocenters. The Morgan fingerprint density at radius 1 is 1.33 bits per heavy atom. The van der Waals surface area contributed by atoms with E-state index in [1.54, 1.807) is 10.6 Å². The molecule has 7 nitrogen and oxygen atoms in total. The number of imidazole rings is 1. The molecule has 2 aromatic rings. The van der Waals surface area contributed by atoms with Gasteiger partial charge in [0.1, 0.15) is 0 Å². The number of fused-ring (bicyclic) bond motifs is 1. The zero-order valence-corrected chi connectivity index (χ0v) is 16.4. The standard InChI is InChI=1S/C20H29N5O2/c1-15-8-6-12-24(14-15)20(27)18-22-17(16-9-4-5-13-25(16)18)19(26)21-10-7-11-23(2)3/h4-5,9,13,15H,6-8,10-12,14H2,1-3H3,(H,21,26). The molecule has 0 bridgehead atoms.